The number of methoxy groups -OCH3 is 2. The van der Waals surface area contributed by atoms with Crippen LogP contribution in [0.4, 0.5) is 11.4 Å². The quantitative estimate of drug-likeness (QED) is 0.451. The van der Waals surface area contributed by atoms with Crippen LogP contribution in [0.1, 0.15) is 15.9 Å². The SMILES string of the molecule is COC(Cc1c(C(=O)O)cc([N+](=O)[O-])cc1[N+](=O)[O-])OC. The van der Waals surface area contributed by atoms with Gasteiger partial charge in [0.05, 0.1) is 21.5 Å². The number of carboxylic acid groups (broad SMARTS) is 1. The topological polar surface area (TPSA) is 142 Å². The summed E-state index contributed by atoms with van der Waals surface area (Å²) in [5, 5.41) is 30.9. The molecule has 1 aromatic carbocycles. The Morgan fingerprint density at radius 3 is 2.19 bits per heavy atom. The molecular formula is C11H12N2O8. The van der Waals surface area contributed by atoms with Gasteiger partial charge in [0.2, 0.25) is 0 Å². The maximum absolute atomic E-state index is 11.2. The largest absolute Gasteiger partial charge is 0.478 e. The Kier molecular flexibility index (Phi) is 5.27. The van der Waals surface area contributed by atoms with E-state index in [0.29, 0.717) is 6.07 Å². The number of carboxylic acids is 1. The molecule has 0 aromatic heterocycles. The van der Waals surface area contributed by atoms with Gasteiger partial charge in [-0.1, -0.05) is 0 Å². The first-order valence-corrected chi connectivity index (χ1v) is 5.56. The molecule has 0 saturated carbocycles. The highest BCUT2D eigenvalue weighted by molar-refractivity contribution is 5.91. The van der Waals surface area contributed by atoms with Crippen LogP contribution in [0.15, 0.2) is 12.1 Å². The Balaban J connectivity index is 3.53. The van der Waals surface area contributed by atoms with E-state index >= 15 is 0 Å². The van der Waals surface area contributed by atoms with Crippen LogP contribution in [-0.2, 0) is 15.9 Å². The number of aromatic carboxylic acids is 1. The van der Waals surface area contributed by atoms with Gasteiger partial charge in [-0.3, -0.25) is 20.2 Å². The molecule has 0 heterocycles. The molecule has 114 valence electrons. The second kappa shape index (κ2) is 6.72. The minimum atomic E-state index is -1.51. The number of non-ortho nitro benzene ring substituents is 1. The van der Waals surface area contributed by atoms with Crippen molar-refractivity contribution in [3.05, 3.63) is 43.5 Å². The maximum Gasteiger partial charge on any atom is 0.336 e. The number of benzene rings is 1. The molecule has 0 aliphatic heterocycles. The summed E-state index contributed by atoms with van der Waals surface area (Å²) in [5.74, 6) is -1.51. The van der Waals surface area contributed by atoms with Crippen molar-refractivity contribution in [3.8, 4) is 0 Å². The van der Waals surface area contributed by atoms with Crippen molar-refractivity contribution in [3.63, 3.8) is 0 Å². The lowest BCUT2D eigenvalue weighted by atomic mass is 10.0. The Labute approximate surface area is 118 Å². The molecule has 1 rings (SSSR count). The van der Waals surface area contributed by atoms with E-state index in [4.69, 9.17) is 14.6 Å². The van der Waals surface area contributed by atoms with Gasteiger partial charge < -0.3 is 14.6 Å². The van der Waals surface area contributed by atoms with Crippen molar-refractivity contribution in [2.45, 2.75) is 12.7 Å². The zero-order valence-electron chi connectivity index (χ0n) is 11.1. The summed E-state index contributed by atoms with van der Waals surface area (Å²) in [6.45, 7) is 0. The van der Waals surface area contributed by atoms with Crippen LogP contribution >= 0.6 is 0 Å². The molecule has 0 spiro atoms. The fraction of sp³-hybridized carbons (Fsp3) is 0.364. The molecule has 0 amide bonds. The number of hydrogen-bond donors (Lipinski definition) is 1. The van der Waals surface area contributed by atoms with Gasteiger partial charge in [-0.2, -0.15) is 0 Å². The monoisotopic (exact) mass is 300 g/mol. The Morgan fingerprint density at radius 2 is 1.81 bits per heavy atom. The van der Waals surface area contributed by atoms with Crippen molar-refractivity contribution in [2.75, 3.05) is 14.2 Å². The molecule has 0 aliphatic rings. The smallest absolute Gasteiger partial charge is 0.336 e. The van der Waals surface area contributed by atoms with Gasteiger partial charge in [-0.25, -0.2) is 4.79 Å². The van der Waals surface area contributed by atoms with Crippen LogP contribution in [0.3, 0.4) is 0 Å². The number of nitro groups is 2. The van der Waals surface area contributed by atoms with E-state index in [-0.39, 0.29) is 12.0 Å². The van der Waals surface area contributed by atoms with E-state index in [1.54, 1.807) is 0 Å². The second-order valence-electron chi connectivity index (χ2n) is 3.92. The van der Waals surface area contributed by atoms with Gasteiger partial charge >= 0.3 is 5.97 Å². The van der Waals surface area contributed by atoms with E-state index in [0.717, 1.165) is 6.07 Å². The standard InChI is InChI=1S/C11H12N2O8/c1-20-10(21-2)5-7-8(11(14)15)3-6(12(16)17)4-9(7)13(18)19/h3-4,10H,5H2,1-2H3,(H,14,15). The van der Waals surface area contributed by atoms with Crippen LogP contribution in [0.2, 0.25) is 0 Å². The zero-order chi connectivity index (χ0) is 16.2. The molecular weight excluding hydrogens is 288 g/mol. The lowest BCUT2D eigenvalue weighted by molar-refractivity contribution is -0.394. The van der Waals surface area contributed by atoms with Gasteiger partial charge in [-0.15, -0.1) is 0 Å². The molecule has 10 nitrogen and oxygen atoms in total. The third-order valence-corrected chi connectivity index (χ3v) is 2.75. The lowest BCUT2D eigenvalue weighted by Crippen LogP contribution is -2.19. The summed E-state index contributed by atoms with van der Waals surface area (Å²) >= 11 is 0. The molecule has 0 fully saturated rings. The van der Waals surface area contributed by atoms with E-state index in [1.807, 2.05) is 0 Å². The highest BCUT2D eigenvalue weighted by Gasteiger charge is 2.28. The number of nitrogens with zero attached hydrogens (tertiary/aromatic N) is 2. The average molecular weight is 300 g/mol. The Morgan fingerprint density at radius 1 is 1.24 bits per heavy atom. The third kappa shape index (κ3) is 3.70. The predicted molar refractivity (Wildman–Crippen MR) is 68.2 cm³/mol. The zero-order valence-corrected chi connectivity index (χ0v) is 11.1. The van der Waals surface area contributed by atoms with Crippen LogP contribution in [0.5, 0.6) is 0 Å². The third-order valence-electron chi connectivity index (χ3n) is 2.75. The van der Waals surface area contributed by atoms with E-state index in [1.165, 1.54) is 14.2 Å². The highest BCUT2D eigenvalue weighted by Crippen LogP contribution is 2.30. The van der Waals surface area contributed by atoms with Gasteiger partial charge in [-0.05, 0) is 0 Å². The molecule has 0 atom stereocenters. The first-order valence-electron chi connectivity index (χ1n) is 5.56. The van der Waals surface area contributed by atoms with Crippen LogP contribution < -0.4 is 0 Å². The van der Waals surface area contributed by atoms with Gasteiger partial charge in [0.15, 0.2) is 6.29 Å². The second-order valence-corrected chi connectivity index (χ2v) is 3.92. The van der Waals surface area contributed by atoms with E-state index < -0.39 is 39.0 Å². The summed E-state index contributed by atoms with van der Waals surface area (Å²) in [6, 6.07) is 1.48. The molecule has 21 heavy (non-hydrogen) atoms. The van der Waals surface area contributed by atoms with Gasteiger partial charge in [0, 0.05) is 32.3 Å². The van der Waals surface area contributed by atoms with Crippen molar-refractivity contribution >= 4 is 17.3 Å². The number of rotatable bonds is 7. The summed E-state index contributed by atoms with van der Waals surface area (Å²) in [5.41, 5.74) is -2.07. The number of nitro benzene ring substituents is 2. The molecule has 0 saturated heterocycles. The van der Waals surface area contributed by atoms with Crippen molar-refractivity contribution in [1.29, 1.82) is 0 Å². The maximum atomic E-state index is 11.2. The normalized spacial score (nSPS) is 10.6. The summed E-state index contributed by atoms with van der Waals surface area (Å²) in [7, 11) is 2.57. The lowest BCUT2D eigenvalue weighted by Gasteiger charge is -2.14. The molecule has 10 heteroatoms. The highest BCUT2D eigenvalue weighted by atomic mass is 16.7. The molecule has 0 unspecified atom stereocenters. The van der Waals surface area contributed by atoms with Crippen molar-refractivity contribution in [2.24, 2.45) is 0 Å². The van der Waals surface area contributed by atoms with Crippen molar-refractivity contribution in [1.82, 2.24) is 0 Å². The Bertz CT molecular complexity index is 547. The minimum absolute atomic E-state index is 0.202. The van der Waals surface area contributed by atoms with Gasteiger partial charge in [0.25, 0.3) is 11.4 Å². The van der Waals surface area contributed by atoms with E-state index in [2.05, 4.69) is 0 Å². The number of ether oxygens (including phenoxy) is 2. The number of carbonyl (C=O) groups is 1. The van der Waals surface area contributed by atoms with Crippen molar-refractivity contribution < 1.29 is 29.2 Å². The summed E-state index contributed by atoms with van der Waals surface area (Å²) in [4.78, 5) is 31.2. The molecule has 0 aliphatic carbocycles. The average Bonchev–Trinajstić information content (AvgIpc) is 2.43. The minimum Gasteiger partial charge on any atom is -0.478 e. The fourth-order valence-electron chi connectivity index (χ4n) is 1.75. The molecule has 0 bridgehead atoms. The van der Waals surface area contributed by atoms with Crippen LogP contribution in [0.25, 0.3) is 0 Å². The summed E-state index contributed by atoms with van der Waals surface area (Å²) in [6.07, 6.45) is -1.15. The fourth-order valence-corrected chi connectivity index (χ4v) is 1.75. The Hall–Kier alpha value is -2.59. The van der Waals surface area contributed by atoms with Gasteiger partial charge in [0.1, 0.15) is 0 Å². The summed E-state index contributed by atoms with van der Waals surface area (Å²) < 4.78 is 9.76. The van der Waals surface area contributed by atoms with E-state index in [9.17, 15) is 25.0 Å². The number of hydrogen-bond acceptors (Lipinski definition) is 7. The van der Waals surface area contributed by atoms with Crippen LogP contribution in [-0.4, -0.2) is 41.4 Å². The first kappa shape index (κ1) is 16.5. The van der Waals surface area contributed by atoms with Crippen LogP contribution in [0, 0.1) is 20.2 Å². The molecule has 0 radical (unpaired) electrons. The molecule has 1 N–H and O–H groups in total. The first-order chi connectivity index (χ1) is 9.81. The molecule has 1 aromatic rings. The predicted octanol–water partition coefficient (Wildman–Crippen LogP) is 1.36.